The van der Waals surface area contributed by atoms with Gasteiger partial charge in [-0.15, -0.1) is 0 Å². The number of nitrogens with one attached hydrogen (secondary N) is 1. The van der Waals surface area contributed by atoms with Crippen molar-refractivity contribution in [1.82, 2.24) is 9.88 Å². The second-order valence-electron chi connectivity index (χ2n) is 7.02. The van der Waals surface area contributed by atoms with Gasteiger partial charge in [0.25, 0.3) is 17.7 Å². The van der Waals surface area contributed by atoms with E-state index in [2.05, 4.69) is 10.3 Å². The Labute approximate surface area is 145 Å². The molecular formula is C19H19N3O3. The summed E-state index contributed by atoms with van der Waals surface area (Å²) in [5.74, 6) is -1.07. The second kappa shape index (κ2) is 5.81. The maximum absolute atomic E-state index is 12.6. The maximum atomic E-state index is 12.6. The third-order valence-electron chi connectivity index (χ3n) is 3.99. The van der Waals surface area contributed by atoms with E-state index < -0.39 is 5.54 Å². The topological polar surface area (TPSA) is 79.4 Å². The van der Waals surface area contributed by atoms with Crippen LogP contribution < -0.4 is 5.32 Å². The van der Waals surface area contributed by atoms with Gasteiger partial charge in [0.15, 0.2) is 0 Å². The lowest BCUT2D eigenvalue weighted by Crippen LogP contribution is -2.45. The maximum Gasteiger partial charge on any atom is 0.262 e. The first-order valence-corrected chi connectivity index (χ1v) is 7.95. The normalized spacial score (nSPS) is 13.8. The molecule has 0 saturated carbocycles. The zero-order chi connectivity index (χ0) is 18.4. The Morgan fingerprint density at radius 1 is 1.04 bits per heavy atom. The number of carbonyl (C=O) groups is 3. The first kappa shape index (κ1) is 16.8. The van der Waals surface area contributed by atoms with Gasteiger partial charge >= 0.3 is 0 Å². The van der Waals surface area contributed by atoms with Gasteiger partial charge in [-0.25, -0.2) is 0 Å². The average molecular weight is 337 g/mol. The molecule has 0 fully saturated rings. The molecule has 1 N–H and O–H groups in total. The molecule has 0 spiro atoms. The highest BCUT2D eigenvalue weighted by Gasteiger charge is 2.42. The molecule has 0 unspecified atom stereocenters. The molecule has 0 atom stereocenters. The van der Waals surface area contributed by atoms with Crippen LogP contribution in [0.2, 0.25) is 0 Å². The van der Waals surface area contributed by atoms with Crippen LogP contribution >= 0.6 is 0 Å². The van der Waals surface area contributed by atoms with E-state index in [9.17, 15) is 14.4 Å². The number of pyridine rings is 1. The minimum atomic E-state index is -0.622. The fourth-order valence-electron chi connectivity index (χ4n) is 2.74. The molecule has 2 aromatic rings. The molecule has 128 valence electrons. The van der Waals surface area contributed by atoms with Gasteiger partial charge < -0.3 is 5.32 Å². The molecule has 0 bridgehead atoms. The predicted molar refractivity (Wildman–Crippen MR) is 93.6 cm³/mol. The van der Waals surface area contributed by atoms with Crippen LogP contribution in [-0.4, -0.2) is 33.1 Å². The third-order valence-corrected chi connectivity index (χ3v) is 3.99. The molecule has 3 rings (SSSR count). The van der Waals surface area contributed by atoms with Crippen LogP contribution in [0.5, 0.6) is 0 Å². The van der Waals surface area contributed by atoms with Crippen LogP contribution in [0.15, 0.2) is 36.5 Å². The highest BCUT2D eigenvalue weighted by Crippen LogP contribution is 2.30. The summed E-state index contributed by atoms with van der Waals surface area (Å²) in [6.45, 7) is 7.25. The lowest BCUT2D eigenvalue weighted by molar-refractivity contribution is 0.0507. The Hall–Kier alpha value is -3.02. The van der Waals surface area contributed by atoms with Gasteiger partial charge in [-0.1, -0.05) is 0 Å². The molecule has 0 aliphatic carbocycles. The van der Waals surface area contributed by atoms with Crippen molar-refractivity contribution >= 4 is 23.4 Å². The fourth-order valence-corrected chi connectivity index (χ4v) is 2.74. The highest BCUT2D eigenvalue weighted by molar-refractivity contribution is 6.22. The predicted octanol–water partition coefficient (Wildman–Crippen LogP) is 3.04. The lowest BCUT2D eigenvalue weighted by atomic mass is 10.1. The van der Waals surface area contributed by atoms with Crippen LogP contribution in [0, 0.1) is 6.92 Å². The van der Waals surface area contributed by atoms with Gasteiger partial charge in [-0.3, -0.25) is 24.3 Å². The van der Waals surface area contributed by atoms with E-state index in [0.29, 0.717) is 16.8 Å². The molecule has 1 aromatic heterocycles. The SMILES string of the molecule is Cc1ccc(NC(=O)c2ccc3c(c2)C(=O)N(C(C)(C)C)C3=O)cn1. The molecule has 25 heavy (non-hydrogen) atoms. The second-order valence-corrected chi connectivity index (χ2v) is 7.02. The smallest absolute Gasteiger partial charge is 0.262 e. The van der Waals surface area contributed by atoms with Crippen LogP contribution in [0.4, 0.5) is 5.69 Å². The number of fused-ring (bicyclic) bond motifs is 1. The number of rotatable bonds is 2. The average Bonchev–Trinajstić information content (AvgIpc) is 2.80. The van der Waals surface area contributed by atoms with Gasteiger partial charge in [-0.05, 0) is 58.0 Å². The van der Waals surface area contributed by atoms with Gasteiger partial charge in [0, 0.05) is 16.8 Å². The molecule has 1 aliphatic rings. The third kappa shape index (κ3) is 3.03. The van der Waals surface area contributed by atoms with E-state index in [-0.39, 0.29) is 23.3 Å². The van der Waals surface area contributed by atoms with Crippen molar-refractivity contribution in [1.29, 1.82) is 0 Å². The van der Waals surface area contributed by atoms with Crippen molar-refractivity contribution in [2.24, 2.45) is 0 Å². The van der Waals surface area contributed by atoms with E-state index in [1.165, 1.54) is 17.0 Å². The zero-order valence-corrected chi connectivity index (χ0v) is 14.6. The molecule has 0 saturated heterocycles. The van der Waals surface area contributed by atoms with Crippen molar-refractivity contribution in [3.05, 3.63) is 58.9 Å². The number of aromatic nitrogens is 1. The van der Waals surface area contributed by atoms with Crippen molar-refractivity contribution in [3.8, 4) is 0 Å². The van der Waals surface area contributed by atoms with E-state index in [0.717, 1.165) is 5.69 Å². The zero-order valence-electron chi connectivity index (χ0n) is 14.6. The molecule has 2 heterocycles. The summed E-state index contributed by atoms with van der Waals surface area (Å²) in [5.41, 5.74) is 1.69. The summed E-state index contributed by atoms with van der Waals surface area (Å²) in [5, 5.41) is 2.73. The minimum Gasteiger partial charge on any atom is -0.321 e. The van der Waals surface area contributed by atoms with Crippen molar-refractivity contribution < 1.29 is 14.4 Å². The van der Waals surface area contributed by atoms with Crippen LogP contribution in [0.3, 0.4) is 0 Å². The number of carbonyl (C=O) groups excluding carboxylic acids is 3. The monoisotopic (exact) mass is 337 g/mol. The number of anilines is 1. The summed E-state index contributed by atoms with van der Waals surface area (Å²) >= 11 is 0. The number of aryl methyl sites for hydroxylation is 1. The van der Waals surface area contributed by atoms with Gasteiger partial charge in [0.1, 0.15) is 0 Å². The van der Waals surface area contributed by atoms with E-state index in [1.807, 2.05) is 6.92 Å². The highest BCUT2D eigenvalue weighted by atomic mass is 16.2. The standard InChI is InChI=1S/C19H19N3O3/c1-11-5-7-13(10-20-11)21-16(23)12-6-8-14-15(9-12)18(25)22(17(14)24)19(2,3)4/h5-10H,1-4H3,(H,21,23). The van der Waals surface area contributed by atoms with E-state index in [1.54, 1.807) is 45.2 Å². The number of amides is 3. The van der Waals surface area contributed by atoms with Crippen LogP contribution in [0.25, 0.3) is 0 Å². The fraction of sp³-hybridized carbons (Fsp3) is 0.263. The van der Waals surface area contributed by atoms with Crippen LogP contribution in [-0.2, 0) is 0 Å². The molecule has 3 amide bonds. The Kier molecular flexibility index (Phi) is 3.91. The summed E-state index contributed by atoms with van der Waals surface area (Å²) in [4.78, 5) is 42.8. The van der Waals surface area contributed by atoms with E-state index in [4.69, 9.17) is 0 Å². The largest absolute Gasteiger partial charge is 0.321 e. The number of imide groups is 1. The summed E-state index contributed by atoms with van der Waals surface area (Å²) in [6, 6.07) is 8.10. The van der Waals surface area contributed by atoms with Crippen molar-refractivity contribution in [2.45, 2.75) is 33.2 Å². The Balaban J connectivity index is 1.89. The summed E-state index contributed by atoms with van der Waals surface area (Å²) in [6.07, 6.45) is 1.57. The van der Waals surface area contributed by atoms with Crippen LogP contribution in [0.1, 0.15) is 57.5 Å². The number of hydrogen-bond acceptors (Lipinski definition) is 4. The first-order valence-electron chi connectivity index (χ1n) is 7.95. The molecular weight excluding hydrogens is 318 g/mol. The minimum absolute atomic E-state index is 0.259. The van der Waals surface area contributed by atoms with Gasteiger partial charge in [0.05, 0.1) is 23.0 Å². The van der Waals surface area contributed by atoms with Crippen molar-refractivity contribution in [3.63, 3.8) is 0 Å². The number of benzene rings is 1. The summed E-state index contributed by atoms with van der Waals surface area (Å²) in [7, 11) is 0. The van der Waals surface area contributed by atoms with E-state index >= 15 is 0 Å². The van der Waals surface area contributed by atoms with Crippen molar-refractivity contribution in [2.75, 3.05) is 5.32 Å². The molecule has 1 aliphatic heterocycles. The Morgan fingerprint density at radius 2 is 1.72 bits per heavy atom. The number of nitrogens with zero attached hydrogens (tertiary/aromatic N) is 2. The molecule has 0 radical (unpaired) electrons. The molecule has 6 nitrogen and oxygen atoms in total. The molecule has 6 heteroatoms. The summed E-state index contributed by atoms with van der Waals surface area (Å²) < 4.78 is 0. The Morgan fingerprint density at radius 3 is 2.32 bits per heavy atom. The van der Waals surface area contributed by atoms with Gasteiger partial charge in [-0.2, -0.15) is 0 Å². The quantitative estimate of drug-likeness (QED) is 0.854. The number of hydrogen-bond donors (Lipinski definition) is 1. The first-order chi connectivity index (χ1) is 11.7. The Bertz CT molecular complexity index is 880. The lowest BCUT2D eigenvalue weighted by Gasteiger charge is -2.29. The van der Waals surface area contributed by atoms with Gasteiger partial charge in [0.2, 0.25) is 0 Å². The molecule has 1 aromatic carbocycles.